The molecule has 1 aliphatic heterocycles. The van der Waals surface area contributed by atoms with Gasteiger partial charge in [0.1, 0.15) is 0 Å². The summed E-state index contributed by atoms with van der Waals surface area (Å²) in [5.41, 5.74) is 0. The van der Waals surface area contributed by atoms with Crippen LogP contribution in [-0.2, 0) is 9.47 Å². The molecule has 0 bridgehead atoms. The predicted octanol–water partition coefficient (Wildman–Crippen LogP) is 1.42. The van der Waals surface area contributed by atoms with Gasteiger partial charge in [-0.15, -0.1) is 0 Å². The molecule has 0 aromatic heterocycles. The van der Waals surface area contributed by atoms with Crippen molar-refractivity contribution < 1.29 is 14.6 Å². The van der Waals surface area contributed by atoms with Gasteiger partial charge in [0.2, 0.25) is 0 Å². The number of nitrogens with one attached hydrogen (secondary N) is 1. The molecule has 17 heavy (non-hydrogen) atoms. The third-order valence-electron chi connectivity index (χ3n) is 3.79. The van der Waals surface area contributed by atoms with E-state index >= 15 is 0 Å². The van der Waals surface area contributed by atoms with E-state index in [9.17, 15) is 0 Å². The summed E-state index contributed by atoms with van der Waals surface area (Å²) in [4.78, 5) is 0. The number of aliphatic hydroxyl groups is 1. The molecule has 1 heterocycles. The third kappa shape index (κ3) is 3.91. The van der Waals surface area contributed by atoms with Crippen LogP contribution in [-0.4, -0.2) is 42.8 Å². The Balaban J connectivity index is 1.59. The maximum absolute atomic E-state index is 9.17. The highest BCUT2D eigenvalue weighted by Gasteiger charge is 2.39. The van der Waals surface area contributed by atoms with E-state index in [-0.39, 0.29) is 11.9 Å². The molecule has 100 valence electrons. The van der Waals surface area contributed by atoms with Crippen molar-refractivity contribution in [2.75, 3.05) is 19.8 Å². The Hall–Kier alpha value is -0.160. The van der Waals surface area contributed by atoms with Crippen LogP contribution in [0.25, 0.3) is 0 Å². The first-order valence-corrected chi connectivity index (χ1v) is 6.90. The van der Waals surface area contributed by atoms with E-state index in [0.717, 1.165) is 58.3 Å². The smallest absolute Gasteiger partial charge is 0.168 e. The van der Waals surface area contributed by atoms with Crippen molar-refractivity contribution in [1.82, 2.24) is 5.32 Å². The summed E-state index contributed by atoms with van der Waals surface area (Å²) in [7, 11) is 0. The van der Waals surface area contributed by atoms with E-state index < -0.39 is 0 Å². The van der Waals surface area contributed by atoms with E-state index in [2.05, 4.69) is 5.32 Å². The molecule has 0 aromatic carbocycles. The van der Waals surface area contributed by atoms with Crippen molar-refractivity contribution in [3.05, 3.63) is 0 Å². The quantitative estimate of drug-likeness (QED) is 0.717. The molecule has 1 spiro atoms. The molecule has 1 saturated heterocycles. The van der Waals surface area contributed by atoms with Gasteiger partial charge in [0.15, 0.2) is 5.79 Å². The SMILES string of the molecule is CC(O)CCCNC1CCC2(CC1)OCCO2. The third-order valence-corrected chi connectivity index (χ3v) is 3.79. The zero-order valence-electron chi connectivity index (χ0n) is 10.8. The van der Waals surface area contributed by atoms with E-state index in [1.54, 1.807) is 0 Å². The van der Waals surface area contributed by atoms with Crippen molar-refractivity contribution in [1.29, 1.82) is 0 Å². The second kappa shape index (κ2) is 6.14. The Bertz CT molecular complexity index is 217. The first-order chi connectivity index (χ1) is 8.20. The van der Waals surface area contributed by atoms with Crippen LogP contribution in [0.15, 0.2) is 0 Å². The molecule has 0 amide bonds. The summed E-state index contributed by atoms with van der Waals surface area (Å²) in [6.45, 7) is 4.36. The minimum absolute atomic E-state index is 0.174. The minimum atomic E-state index is -0.238. The molecular formula is C13H25NO3. The summed E-state index contributed by atoms with van der Waals surface area (Å²) in [5, 5.41) is 12.7. The van der Waals surface area contributed by atoms with Crippen molar-refractivity contribution >= 4 is 0 Å². The fourth-order valence-corrected chi connectivity index (χ4v) is 2.75. The topological polar surface area (TPSA) is 50.7 Å². The van der Waals surface area contributed by atoms with E-state index in [4.69, 9.17) is 14.6 Å². The molecular weight excluding hydrogens is 218 g/mol. The standard InChI is InChI=1S/C13H25NO3/c1-11(15)3-2-8-14-12-4-6-13(7-5-12)16-9-10-17-13/h11-12,14-15H,2-10H2,1H3. The molecule has 0 aromatic rings. The molecule has 2 N–H and O–H groups in total. The average molecular weight is 243 g/mol. The molecule has 1 atom stereocenters. The van der Waals surface area contributed by atoms with Crippen LogP contribution in [0, 0.1) is 0 Å². The summed E-state index contributed by atoms with van der Waals surface area (Å²) in [5.74, 6) is -0.238. The van der Waals surface area contributed by atoms with Crippen LogP contribution in [0.1, 0.15) is 45.4 Å². The molecule has 4 nitrogen and oxygen atoms in total. The Morgan fingerprint density at radius 3 is 2.53 bits per heavy atom. The van der Waals surface area contributed by atoms with Crippen LogP contribution in [0.3, 0.4) is 0 Å². The maximum Gasteiger partial charge on any atom is 0.168 e. The van der Waals surface area contributed by atoms with Gasteiger partial charge in [-0.3, -0.25) is 0 Å². The number of rotatable bonds is 5. The average Bonchev–Trinajstić information content (AvgIpc) is 2.75. The zero-order chi connectivity index (χ0) is 12.1. The van der Waals surface area contributed by atoms with Gasteiger partial charge in [-0.2, -0.15) is 0 Å². The fourth-order valence-electron chi connectivity index (χ4n) is 2.75. The van der Waals surface area contributed by atoms with Crippen molar-refractivity contribution in [2.24, 2.45) is 0 Å². The van der Waals surface area contributed by atoms with Gasteiger partial charge in [0.25, 0.3) is 0 Å². The Kier molecular flexibility index (Phi) is 4.79. The lowest BCUT2D eigenvalue weighted by molar-refractivity contribution is -0.179. The summed E-state index contributed by atoms with van der Waals surface area (Å²) < 4.78 is 11.4. The first-order valence-electron chi connectivity index (χ1n) is 6.90. The fraction of sp³-hybridized carbons (Fsp3) is 1.00. The second-order valence-electron chi connectivity index (χ2n) is 5.33. The highest BCUT2D eigenvalue weighted by Crippen LogP contribution is 2.35. The number of hydrogen-bond acceptors (Lipinski definition) is 4. The maximum atomic E-state index is 9.17. The normalized spacial score (nSPS) is 26.5. The predicted molar refractivity (Wildman–Crippen MR) is 65.8 cm³/mol. The lowest BCUT2D eigenvalue weighted by Gasteiger charge is -2.35. The highest BCUT2D eigenvalue weighted by molar-refractivity contribution is 4.85. The van der Waals surface area contributed by atoms with Gasteiger partial charge in [0, 0.05) is 18.9 Å². The van der Waals surface area contributed by atoms with Gasteiger partial charge in [0.05, 0.1) is 19.3 Å². The van der Waals surface area contributed by atoms with Gasteiger partial charge in [-0.25, -0.2) is 0 Å². The molecule has 1 saturated carbocycles. The van der Waals surface area contributed by atoms with Crippen molar-refractivity contribution in [3.8, 4) is 0 Å². The van der Waals surface area contributed by atoms with E-state index in [0.29, 0.717) is 6.04 Å². The molecule has 2 rings (SSSR count). The summed E-state index contributed by atoms with van der Waals surface area (Å²) in [6, 6.07) is 0.599. The van der Waals surface area contributed by atoms with Crippen LogP contribution in [0.5, 0.6) is 0 Å². The largest absolute Gasteiger partial charge is 0.393 e. The van der Waals surface area contributed by atoms with Gasteiger partial charge >= 0.3 is 0 Å². The number of ether oxygens (including phenoxy) is 2. The first kappa shape index (κ1) is 13.3. The Morgan fingerprint density at radius 1 is 1.29 bits per heavy atom. The minimum Gasteiger partial charge on any atom is -0.393 e. The van der Waals surface area contributed by atoms with Crippen LogP contribution in [0.2, 0.25) is 0 Å². The second-order valence-corrected chi connectivity index (χ2v) is 5.33. The Morgan fingerprint density at radius 2 is 1.94 bits per heavy atom. The number of aliphatic hydroxyl groups excluding tert-OH is 1. The van der Waals surface area contributed by atoms with Gasteiger partial charge in [-0.1, -0.05) is 0 Å². The molecule has 4 heteroatoms. The van der Waals surface area contributed by atoms with Crippen molar-refractivity contribution in [3.63, 3.8) is 0 Å². The van der Waals surface area contributed by atoms with Crippen LogP contribution < -0.4 is 5.32 Å². The van der Waals surface area contributed by atoms with Gasteiger partial charge < -0.3 is 19.9 Å². The lowest BCUT2D eigenvalue weighted by atomic mass is 9.90. The number of hydrogen-bond donors (Lipinski definition) is 2. The van der Waals surface area contributed by atoms with E-state index in [1.165, 1.54) is 0 Å². The van der Waals surface area contributed by atoms with Crippen LogP contribution >= 0.6 is 0 Å². The summed E-state index contributed by atoms with van der Waals surface area (Å²) in [6.07, 6.45) is 6.06. The van der Waals surface area contributed by atoms with Crippen LogP contribution in [0.4, 0.5) is 0 Å². The molecule has 2 fully saturated rings. The van der Waals surface area contributed by atoms with Gasteiger partial charge in [-0.05, 0) is 39.2 Å². The zero-order valence-corrected chi connectivity index (χ0v) is 10.8. The Labute approximate surface area is 104 Å². The lowest BCUT2D eigenvalue weighted by Crippen LogP contribution is -2.42. The van der Waals surface area contributed by atoms with E-state index in [1.807, 2.05) is 6.92 Å². The molecule has 0 radical (unpaired) electrons. The monoisotopic (exact) mass is 243 g/mol. The highest BCUT2D eigenvalue weighted by atomic mass is 16.7. The van der Waals surface area contributed by atoms with Crippen molar-refractivity contribution in [2.45, 2.75) is 63.4 Å². The molecule has 1 unspecified atom stereocenters. The molecule has 1 aliphatic carbocycles. The summed E-state index contributed by atoms with van der Waals surface area (Å²) >= 11 is 0. The molecule has 2 aliphatic rings.